The summed E-state index contributed by atoms with van der Waals surface area (Å²) in [5, 5.41) is 4.53. The van der Waals surface area contributed by atoms with Crippen LogP contribution in [-0.4, -0.2) is 32.8 Å². The molecule has 0 unspecified atom stereocenters. The third-order valence-electron chi connectivity index (χ3n) is 3.31. The van der Waals surface area contributed by atoms with Crippen molar-refractivity contribution < 1.29 is 0 Å². The van der Waals surface area contributed by atoms with Gasteiger partial charge in [0.2, 0.25) is 0 Å². The molecule has 0 amide bonds. The zero-order valence-electron chi connectivity index (χ0n) is 10.9. The van der Waals surface area contributed by atoms with Crippen LogP contribution in [-0.2, 0) is 6.54 Å². The number of hydrogen-bond acceptors (Lipinski definition) is 5. The highest BCUT2D eigenvalue weighted by molar-refractivity contribution is 6.29. The Morgan fingerprint density at radius 1 is 1.15 bits per heavy atom. The summed E-state index contributed by atoms with van der Waals surface area (Å²) in [5.41, 5.74) is 1.41. The molecule has 1 aliphatic rings. The molecule has 2 aromatic heterocycles. The average molecular weight is 292 g/mol. The number of nitrogens with zero attached hydrogens (tertiary/aromatic N) is 5. The van der Waals surface area contributed by atoms with Crippen LogP contribution in [0.3, 0.4) is 0 Å². The van der Waals surface area contributed by atoms with E-state index in [1.807, 2.05) is 0 Å². The third-order valence-corrected chi connectivity index (χ3v) is 3.51. The van der Waals surface area contributed by atoms with E-state index >= 15 is 0 Å². The first-order chi connectivity index (χ1) is 9.72. The van der Waals surface area contributed by atoms with Crippen molar-refractivity contribution in [1.29, 1.82) is 0 Å². The van der Waals surface area contributed by atoms with Crippen molar-refractivity contribution in [2.45, 2.75) is 19.4 Å². The number of rotatable bonds is 3. The summed E-state index contributed by atoms with van der Waals surface area (Å²) in [4.78, 5) is 22.3. The topological polar surface area (TPSA) is 63.9 Å². The van der Waals surface area contributed by atoms with E-state index in [0.717, 1.165) is 18.8 Å². The van der Waals surface area contributed by atoms with Crippen molar-refractivity contribution in [1.82, 2.24) is 19.7 Å². The fraction of sp³-hybridized carbons (Fsp3) is 0.385. The maximum Gasteiger partial charge on any atom is 0.269 e. The summed E-state index contributed by atoms with van der Waals surface area (Å²) in [6.45, 7) is 2.28. The molecular formula is C13H14ClN5O. The van der Waals surface area contributed by atoms with Crippen LogP contribution in [0.25, 0.3) is 0 Å². The molecule has 0 aromatic carbocycles. The Balaban J connectivity index is 1.80. The van der Waals surface area contributed by atoms with Gasteiger partial charge < -0.3 is 4.90 Å². The molecule has 0 N–H and O–H groups in total. The zero-order valence-corrected chi connectivity index (χ0v) is 11.6. The van der Waals surface area contributed by atoms with Gasteiger partial charge in [0.1, 0.15) is 5.15 Å². The minimum absolute atomic E-state index is 0.133. The van der Waals surface area contributed by atoms with Crippen LogP contribution in [0.4, 0.5) is 5.69 Å². The van der Waals surface area contributed by atoms with Crippen molar-refractivity contribution in [2.24, 2.45) is 0 Å². The summed E-state index contributed by atoms with van der Waals surface area (Å²) < 4.78 is 1.37. The van der Waals surface area contributed by atoms with Gasteiger partial charge in [-0.25, -0.2) is 9.67 Å². The van der Waals surface area contributed by atoms with Crippen molar-refractivity contribution in [3.8, 4) is 0 Å². The van der Waals surface area contributed by atoms with Gasteiger partial charge >= 0.3 is 0 Å². The first-order valence-corrected chi connectivity index (χ1v) is 6.89. The second-order valence-electron chi connectivity index (χ2n) is 4.73. The molecule has 1 saturated heterocycles. The smallest absolute Gasteiger partial charge is 0.269 e. The van der Waals surface area contributed by atoms with Crippen molar-refractivity contribution >= 4 is 17.3 Å². The van der Waals surface area contributed by atoms with E-state index in [0.29, 0.717) is 17.4 Å². The Kier molecular flexibility index (Phi) is 3.64. The summed E-state index contributed by atoms with van der Waals surface area (Å²) in [6, 6.07) is 1.63. The van der Waals surface area contributed by atoms with Gasteiger partial charge in [-0.15, -0.1) is 0 Å². The normalized spacial score (nSPS) is 14.8. The Bertz CT molecular complexity index is 649. The lowest BCUT2D eigenvalue weighted by atomic mass is 10.4. The summed E-state index contributed by atoms with van der Waals surface area (Å²) in [7, 11) is 0. The summed E-state index contributed by atoms with van der Waals surface area (Å²) in [6.07, 6.45) is 7.08. The van der Waals surface area contributed by atoms with Gasteiger partial charge in [0, 0.05) is 19.2 Å². The SMILES string of the molecule is O=c1cc(N2CCCC2)cnn1Cc1cnc(Cl)cn1. The predicted molar refractivity (Wildman–Crippen MR) is 76.1 cm³/mol. The molecule has 104 valence electrons. The van der Waals surface area contributed by atoms with Crippen LogP contribution < -0.4 is 10.5 Å². The number of hydrogen-bond donors (Lipinski definition) is 0. The van der Waals surface area contributed by atoms with E-state index in [-0.39, 0.29) is 5.56 Å². The van der Waals surface area contributed by atoms with E-state index in [2.05, 4.69) is 20.0 Å². The predicted octanol–water partition coefficient (Wildman–Crippen LogP) is 1.34. The number of anilines is 1. The van der Waals surface area contributed by atoms with Crippen LogP contribution in [0.5, 0.6) is 0 Å². The first-order valence-electron chi connectivity index (χ1n) is 6.51. The molecule has 0 aliphatic carbocycles. The minimum Gasteiger partial charge on any atom is -0.370 e. The highest BCUT2D eigenvalue weighted by Gasteiger charge is 2.13. The Hall–Kier alpha value is -1.95. The quantitative estimate of drug-likeness (QED) is 0.854. The van der Waals surface area contributed by atoms with Gasteiger partial charge in [-0.05, 0) is 12.8 Å². The van der Waals surface area contributed by atoms with Crippen molar-refractivity contribution in [3.05, 3.63) is 45.9 Å². The molecule has 3 rings (SSSR count). The van der Waals surface area contributed by atoms with Gasteiger partial charge in [-0.2, -0.15) is 5.10 Å². The van der Waals surface area contributed by atoms with E-state index in [4.69, 9.17) is 11.6 Å². The van der Waals surface area contributed by atoms with Gasteiger partial charge in [-0.3, -0.25) is 9.78 Å². The molecule has 1 aliphatic heterocycles. The Morgan fingerprint density at radius 3 is 2.60 bits per heavy atom. The lowest BCUT2D eigenvalue weighted by molar-refractivity contribution is 0.624. The minimum atomic E-state index is -0.133. The van der Waals surface area contributed by atoms with Crippen LogP contribution in [0.1, 0.15) is 18.5 Å². The van der Waals surface area contributed by atoms with Crippen LogP contribution in [0, 0.1) is 0 Å². The standard InChI is InChI=1S/C13H14ClN5O/c14-12-8-15-10(6-16-12)9-19-13(20)5-11(7-17-19)18-3-1-2-4-18/h5-8H,1-4,9H2. The average Bonchev–Trinajstić information content (AvgIpc) is 2.97. The van der Waals surface area contributed by atoms with Gasteiger partial charge in [0.05, 0.1) is 36.5 Å². The van der Waals surface area contributed by atoms with Gasteiger partial charge in [0.25, 0.3) is 5.56 Å². The molecule has 6 nitrogen and oxygen atoms in total. The van der Waals surface area contributed by atoms with Crippen molar-refractivity contribution in [2.75, 3.05) is 18.0 Å². The van der Waals surface area contributed by atoms with Gasteiger partial charge in [-0.1, -0.05) is 11.6 Å². The fourth-order valence-electron chi connectivity index (χ4n) is 2.27. The molecule has 0 saturated carbocycles. The molecule has 7 heteroatoms. The second kappa shape index (κ2) is 5.58. The fourth-order valence-corrected chi connectivity index (χ4v) is 2.36. The molecule has 0 bridgehead atoms. The molecule has 0 radical (unpaired) electrons. The number of aromatic nitrogens is 4. The van der Waals surface area contributed by atoms with Gasteiger partial charge in [0.15, 0.2) is 0 Å². The van der Waals surface area contributed by atoms with E-state index in [1.165, 1.54) is 23.7 Å². The molecule has 0 spiro atoms. The zero-order chi connectivity index (χ0) is 13.9. The lowest BCUT2D eigenvalue weighted by Crippen LogP contribution is -2.26. The molecule has 1 fully saturated rings. The molecule has 20 heavy (non-hydrogen) atoms. The Morgan fingerprint density at radius 2 is 1.95 bits per heavy atom. The maximum absolute atomic E-state index is 12.1. The molecule has 3 heterocycles. The van der Waals surface area contributed by atoms with Crippen LogP contribution in [0.2, 0.25) is 5.15 Å². The highest BCUT2D eigenvalue weighted by Crippen LogP contribution is 2.16. The molecule has 2 aromatic rings. The Labute approximate surface area is 121 Å². The van der Waals surface area contributed by atoms with Crippen LogP contribution in [0.15, 0.2) is 29.5 Å². The van der Waals surface area contributed by atoms with E-state index < -0.39 is 0 Å². The largest absolute Gasteiger partial charge is 0.370 e. The third kappa shape index (κ3) is 2.80. The molecule has 0 atom stereocenters. The number of halogens is 1. The second-order valence-corrected chi connectivity index (χ2v) is 5.12. The highest BCUT2D eigenvalue weighted by atomic mass is 35.5. The monoisotopic (exact) mass is 291 g/mol. The summed E-state index contributed by atoms with van der Waals surface area (Å²) in [5.74, 6) is 0. The summed E-state index contributed by atoms with van der Waals surface area (Å²) >= 11 is 5.68. The maximum atomic E-state index is 12.1. The van der Waals surface area contributed by atoms with Crippen LogP contribution >= 0.6 is 11.6 Å². The van der Waals surface area contributed by atoms with E-state index in [1.54, 1.807) is 18.5 Å². The van der Waals surface area contributed by atoms with Crippen molar-refractivity contribution in [3.63, 3.8) is 0 Å². The first kappa shape index (κ1) is 13.1. The van der Waals surface area contributed by atoms with E-state index in [9.17, 15) is 4.79 Å². The molecular weight excluding hydrogens is 278 g/mol. The lowest BCUT2D eigenvalue weighted by Gasteiger charge is -2.16.